The Morgan fingerprint density at radius 2 is 1.90 bits per heavy atom. The zero-order chi connectivity index (χ0) is 21.3. The lowest BCUT2D eigenvalue weighted by Gasteiger charge is -2.33. The van der Waals surface area contributed by atoms with Crippen molar-refractivity contribution in [3.05, 3.63) is 41.5 Å². The molecule has 0 spiro atoms. The van der Waals surface area contributed by atoms with E-state index in [4.69, 9.17) is 9.84 Å². The summed E-state index contributed by atoms with van der Waals surface area (Å²) in [5.41, 5.74) is 1.16. The fraction of sp³-hybridized carbons (Fsp3) is 0.476. The number of nitrogens with zero attached hydrogens (tertiary/aromatic N) is 3. The Morgan fingerprint density at radius 1 is 1.24 bits per heavy atom. The lowest BCUT2D eigenvalue weighted by molar-refractivity contribution is 0.0184. The molecule has 0 radical (unpaired) electrons. The summed E-state index contributed by atoms with van der Waals surface area (Å²) in [6.07, 6.45) is 4.68. The minimum absolute atomic E-state index is 0.130. The maximum Gasteiger partial charge on any atom is 0.410 e. The second-order valence-corrected chi connectivity index (χ2v) is 8.36. The number of likely N-dealkylation sites (tertiary alicyclic amines) is 1. The highest BCUT2D eigenvalue weighted by Gasteiger charge is 2.28. The smallest absolute Gasteiger partial charge is 0.410 e. The number of aromatic nitrogens is 2. The molecule has 0 atom stereocenters. The van der Waals surface area contributed by atoms with Crippen molar-refractivity contribution in [2.45, 2.75) is 52.2 Å². The number of benzene rings is 1. The van der Waals surface area contributed by atoms with E-state index >= 15 is 0 Å². The molecule has 1 aromatic heterocycles. The summed E-state index contributed by atoms with van der Waals surface area (Å²) in [7, 11) is 0. The van der Waals surface area contributed by atoms with Crippen molar-refractivity contribution in [1.29, 1.82) is 0 Å². The van der Waals surface area contributed by atoms with Gasteiger partial charge in [0.15, 0.2) is 0 Å². The van der Waals surface area contributed by atoms with E-state index in [1.54, 1.807) is 18.0 Å². The molecule has 1 aliphatic heterocycles. The highest BCUT2D eigenvalue weighted by Crippen LogP contribution is 2.29. The van der Waals surface area contributed by atoms with E-state index in [1.165, 1.54) is 12.1 Å². The van der Waals surface area contributed by atoms with Gasteiger partial charge >= 0.3 is 12.1 Å². The number of hydrogen-bond acceptors (Lipinski definition) is 4. The largest absolute Gasteiger partial charge is 0.478 e. The van der Waals surface area contributed by atoms with Crippen LogP contribution in [0.3, 0.4) is 0 Å². The van der Waals surface area contributed by atoms with Gasteiger partial charge < -0.3 is 14.7 Å². The van der Waals surface area contributed by atoms with E-state index in [1.807, 2.05) is 31.6 Å². The van der Waals surface area contributed by atoms with Gasteiger partial charge in [0, 0.05) is 24.8 Å². The van der Waals surface area contributed by atoms with Crippen LogP contribution < -0.4 is 0 Å². The van der Waals surface area contributed by atoms with Crippen LogP contribution in [0.25, 0.3) is 11.1 Å². The number of carbonyl (C=O) groups is 2. The number of aromatic carboxylic acids is 1. The third-order valence-electron chi connectivity index (χ3n) is 4.95. The molecule has 0 bridgehead atoms. The number of carboxylic acids is 1. The fourth-order valence-electron chi connectivity index (χ4n) is 3.47. The highest BCUT2D eigenvalue weighted by atomic mass is 19.1. The van der Waals surface area contributed by atoms with E-state index in [0.717, 1.165) is 18.4 Å². The lowest BCUT2D eigenvalue weighted by Crippen LogP contribution is -2.42. The molecule has 1 aliphatic rings. The molecule has 1 saturated heterocycles. The zero-order valence-corrected chi connectivity index (χ0v) is 17.1. The van der Waals surface area contributed by atoms with Crippen LogP contribution in [0.2, 0.25) is 0 Å². The van der Waals surface area contributed by atoms with Crippen molar-refractivity contribution in [3.8, 4) is 11.1 Å². The predicted molar refractivity (Wildman–Crippen MR) is 105 cm³/mol. The number of hydrogen-bond donors (Lipinski definition) is 1. The molecule has 1 aromatic carbocycles. The van der Waals surface area contributed by atoms with Gasteiger partial charge in [0.1, 0.15) is 11.4 Å². The molecule has 8 heteroatoms. The number of halogens is 1. The summed E-state index contributed by atoms with van der Waals surface area (Å²) in [4.78, 5) is 25.0. The van der Waals surface area contributed by atoms with Gasteiger partial charge in [0.2, 0.25) is 0 Å². The molecular formula is C21H26FN3O4. The van der Waals surface area contributed by atoms with Crippen LogP contribution in [0.1, 0.15) is 55.6 Å². The second-order valence-electron chi connectivity index (χ2n) is 8.36. The Hall–Kier alpha value is -2.90. The van der Waals surface area contributed by atoms with Crippen molar-refractivity contribution in [3.63, 3.8) is 0 Å². The lowest BCUT2D eigenvalue weighted by atomic mass is 10.00. The van der Waals surface area contributed by atoms with Gasteiger partial charge in [0.05, 0.1) is 17.8 Å². The summed E-state index contributed by atoms with van der Waals surface area (Å²) in [5.74, 6) is -2.05. The third kappa shape index (κ3) is 4.75. The van der Waals surface area contributed by atoms with Gasteiger partial charge in [-0.05, 0) is 63.8 Å². The van der Waals surface area contributed by atoms with E-state index in [0.29, 0.717) is 24.2 Å². The number of piperidine rings is 1. The monoisotopic (exact) mass is 403 g/mol. The van der Waals surface area contributed by atoms with Crippen molar-refractivity contribution < 1.29 is 23.8 Å². The zero-order valence-electron chi connectivity index (χ0n) is 17.1. The van der Waals surface area contributed by atoms with Gasteiger partial charge in [-0.15, -0.1) is 0 Å². The van der Waals surface area contributed by atoms with Gasteiger partial charge in [-0.1, -0.05) is 0 Å². The van der Waals surface area contributed by atoms with Gasteiger partial charge in [-0.2, -0.15) is 5.10 Å². The molecule has 2 aromatic rings. The Labute approximate surface area is 169 Å². The first-order valence-corrected chi connectivity index (χ1v) is 9.61. The number of rotatable bonds is 3. The second kappa shape index (κ2) is 7.85. The molecule has 2 heterocycles. The van der Waals surface area contributed by atoms with E-state index in [2.05, 4.69) is 5.10 Å². The average Bonchev–Trinajstić information content (AvgIpc) is 3.11. The van der Waals surface area contributed by atoms with E-state index < -0.39 is 17.4 Å². The van der Waals surface area contributed by atoms with Crippen molar-refractivity contribution in [2.75, 3.05) is 13.1 Å². The quantitative estimate of drug-likeness (QED) is 0.827. The third-order valence-corrected chi connectivity index (χ3v) is 4.95. The van der Waals surface area contributed by atoms with Crippen molar-refractivity contribution in [2.24, 2.45) is 0 Å². The van der Waals surface area contributed by atoms with E-state index in [9.17, 15) is 14.0 Å². The van der Waals surface area contributed by atoms with Crippen LogP contribution in [-0.2, 0) is 4.74 Å². The molecule has 29 heavy (non-hydrogen) atoms. The van der Waals surface area contributed by atoms with Crippen LogP contribution in [0, 0.1) is 12.7 Å². The predicted octanol–water partition coefficient (Wildman–Crippen LogP) is 4.27. The fourth-order valence-corrected chi connectivity index (χ4v) is 3.47. The number of amides is 1. The number of carbonyl (C=O) groups excluding carboxylic acids is 1. The number of aryl methyl sites for hydroxylation is 1. The van der Waals surface area contributed by atoms with E-state index in [-0.39, 0.29) is 17.7 Å². The number of carboxylic acid groups (broad SMARTS) is 1. The molecule has 1 amide bonds. The first-order valence-electron chi connectivity index (χ1n) is 9.61. The molecule has 0 unspecified atom stereocenters. The molecule has 0 aliphatic carbocycles. The first kappa shape index (κ1) is 20.8. The summed E-state index contributed by atoms with van der Waals surface area (Å²) >= 11 is 0. The summed E-state index contributed by atoms with van der Waals surface area (Å²) in [6, 6.07) is 2.71. The minimum atomic E-state index is -1.29. The molecule has 7 nitrogen and oxygen atoms in total. The van der Waals surface area contributed by atoms with Crippen molar-refractivity contribution >= 4 is 12.1 Å². The molecule has 0 saturated carbocycles. The maximum atomic E-state index is 14.1. The highest BCUT2D eigenvalue weighted by molar-refractivity contribution is 5.89. The number of ether oxygens (including phenoxy) is 1. The minimum Gasteiger partial charge on any atom is -0.478 e. The summed E-state index contributed by atoms with van der Waals surface area (Å²) in [5, 5.41) is 13.5. The topological polar surface area (TPSA) is 84.7 Å². The standard InChI is InChI=1S/C21H26FN3O4/c1-13-9-17(19(26)27)18(22)10-16(13)14-11-23-25(12-14)15-5-7-24(8-6-15)20(28)29-21(2,3)4/h9-12,15H,5-8H2,1-4H3,(H,26,27). The van der Waals surface area contributed by atoms with Gasteiger partial charge in [0.25, 0.3) is 0 Å². The normalized spacial score (nSPS) is 15.4. The molecule has 3 rings (SSSR count). The van der Waals surface area contributed by atoms with Gasteiger partial charge in [-0.3, -0.25) is 4.68 Å². The van der Waals surface area contributed by atoms with Crippen LogP contribution in [0.15, 0.2) is 24.5 Å². The Kier molecular flexibility index (Phi) is 5.64. The molecular weight excluding hydrogens is 377 g/mol. The van der Waals surface area contributed by atoms with Crippen LogP contribution in [0.4, 0.5) is 9.18 Å². The Balaban J connectivity index is 1.70. The summed E-state index contributed by atoms with van der Waals surface area (Å²) in [6.45, 7) is 8.44. The van der Waals surface area contributed by atoms with Crippen molar-refractivity contribution in [1.82, 2.24) is 14.7 Å². The Morgan fingerprint density at radius 3 is 2.48 bits per heavy atom. The van der Waals surface area contributed by atoms with Crippen LogP contribution in [0.5, 0.6) is 0 Å². The average molecular weight is 403 g/mol. The maximum absolute atomic E-state index is 14.1. The van der Waals surface area contributed by atoms with Crippen LogP contribution >= 0.6 is 0 Å². The summed E-state index contributed by atoms with van der Waals surface area (Å²) < 4.78 is 21.4. The molecule has 156 valence electrons. The van der Waals surface area contributed by atoms with Gasteiger partial charge in [-0.25, -0.2) is 14.0 Å². The molecule has 1 fully saturated rings. The molecule has 1 N–H and O–H groups in total. The first-order chi connectivity index (χ1) is 13.5. The van der Waals surface area contributed by atoms with Crippen LogP contribution in [-0.4, -0.2) is 50.5 Å². The SMILES string of the molecule is Cc1cc(C(=O)O)c(F)cc1-c1cnn(C2CCN(C(=O)OC(C)(C)C)CC2)c1. The Bertz CT molecular complexity index is 924.